The molecular weight excluding hydrogens is 366 g/mol. The van der Waals surface area contributed by atoms with E-state index < -0.39 is 27.6 Å². The fourth-order valence-corrected chi connectivity index (χ4v) is 6.37. The molecule has 0 N–H and O–H groups in total. The van der Waals surface area contributed by atoms with E-state index in [0.717, 1.165) is 12.1 Å². The normalized spacial score (nSPS) is 30.0. The molecule has 4 rings (SSSR count). The lowest BCUT2D eigenvalue weighted by atomic mass is 10.0. The molecule has 3 aliphatic heterocycles. The molecule has 26 heavy (non-hydrogen) atoms. The third kappa shape index (κ3) is 2.91. The number of anilines is 2. The summed E-state index contributed by atoms with van der Waals surface area (Å²) >= 11 is 0. The number of rotatable bonds is 3. The van der Waals surface area contributed by atoms with Crippen LogP contribution in [0.1, 0.15) is 13.3 Å². The number of fused-ring (bicyclic) bond motifs is 1. The van der Waals surface area contributed by atoms with Gasteiger partial charge in [0, 0.05) is 25.2 Å². The van der Waals surface area contributed by atoms with Gasteiger partial charge in [0.05, 0.1) is 23.7 Å². The number of carbonyl (C=O) groups excluding carboxylic acids is 1. The Bertz CT molecular complexity index is 817. The molecule has 3 fully saturated rings. The Morgan fingerprint density at radius 2 is 1.69 bits per heavy atom. The van der Waals surface area contributed by atoms with Crippen LogP contribution in [-0.2, 0) is 14.6 Å². The molecule has 3 saturated heterocycles. The van der Waals surface area contributed by atoms with E-state index in [-0.39, 0.29) is 47.4 Å². The molecule has 2 unspecified atom stereocenters. The lowest BCUT2D eigenvalue weighted by Gasteiger charge is -2.22. The topological polar surface area (TPSA) is 66.9 Å². The number of cyclic esters (lactones) is 1. The second kappa shape index (κ2) is 6.07. The average molecular weight is 386 g/mol. The molecule has 1 aromatic carbocycles. The van der Waals surface area contributed by atoms with Crippen LogP contribution >= 0.6 is 0 Å². The first-order valence-corrected chi connectivity index (χ1v) is 10.5. The minimum atomic E-state index is -3.04. The van der Waals surface area contributed by atoms with Gasteiger partial charge in [0.15, 0.2) is 21.5 Å². The van der Waals surface area contributed by atoms with Gasteiger partial charge in [-0.1, -0.05) is 6.92 Å². The predicted octanol–water partition coefficient (Wildman–Crippen LogP) is 2.18. The SMILES string of the molecule is CC[C@H]1CN(c2cc(F)c(N3CC4CS(=O)(=O)CC4C3)c(F)c2)C(=O)O1. The Hall–Kier alpha value is -1.90. The van der Waals surface area contributed by atoms with Gasteiger partial charge in [0.2, 0.25) is 0 Å². The van der Waals surface area contributed by atoms with Crippen LogP contribution in [0.2, 0.25) is 0 Å². The van der Waals surface area contributed by atoms with Crippen LogP contribution in [0.4, 0.5) is 25.0 Å². The monoisotopic (exact) mass is 386 g/mol. The fourth-order valence-electron chi connectivity index (χ4n) is 4.17. The van der Waals surface area contributed by atoms with Crippen molar-refractivity contribution in [2.45, 2.75) is 19.4 Å². The van der Waals surface area contributed by atoms with Crippen molar-refractivity contribution in [1.82, 2.24) is 0 Å². The number of ether oxygens (including phenoxy) is 1. The Morgan fingerprint density at radius 3 is 2.19 bits per heavy atom. The Kier molecular flexibility index (Phi) is 4.09. The molecule has 9 heteroatoms. The lowest BCUT2D eigenvalue weighted by Crippen LogP contribution is -2.27. The second-order valence-electron chi connectivity index (χ2n) is 7.28. The van der Waals surface area contributed by atoms with Crippen LogP contribution in [0.3, 0.4) is 0 Å². The molecular formula is C17H20F2N2O4S. The van der Waals surface area contributed by atoms with Crippen LogP contribution in [-0.4, -0.2) is 51.8 Å². The van der Waals surface area contributed by atoms with Gasteiger partial charge in [-0.2, -0.15) is 0 Å². The molecule has 0 spiro atoms. The number of halogens is 2. The van der Waals surface area contributed by atoms with E-state index in [1.54, 1.807) is 4.90 Å². The molecule has 0 radical (unpaired) electrons. The summed E-state index contributed by atoms with van der Waals surface area (Å²) in [6, 6.07) is 2.28. The number of carbonyl (C=O) groups is 1. The Balaban J connectivity index is 1.57. The van der Waals surface area contributed by atoms with Crippen molar-refractivity contribution in [1.29, 1.82) is 0 Å². The van der Waals surface area contributed by atoms with Gasteiger partial charge in [0.25, 0.3) is 0 Å². The molecule has 0 aromatic heterocycles. The Labute approximate surface area is 150 Å². The van der Waals surface area contributed by atoms with E-state index in [1.807, 2.05) is 6.92 Å². The van der Waals surface area contributed by atoms with E-state index in [4.69, 9.17) is 4.74 Å². The zero-order valence-corrected chi connectivity index (χ0v) is 15.1. The molecule has 3 heterocycles. The summed E-state index contributed by atoms with van der Waals surface area (Å²) in [5.74, 6) is -1.53. The number of benzene rings is 1. The minimum Gasteiger partial charge on any atom is -0.444 e. The highest BCUT2D eigenvalue weighted by molar-refractivity contribution is 7.91. The van der Waals surface area contributed by atoms with Gasteiger partial charge in [-0.3, -0.25) is 4.90 Å². The van der Waals surface area contributed by atoms with E-state index in [0.29, 0.717) is 19.5 Å². The number of hydrogen-bond acceptors (Lipinski definition) is 5. The van der Waals surface area contributed by atoms with Crippen molar-refractivity contribution in [3.05, 3.63) is 23.8 Å². The van der Waals surface area contributed by atoms with Crippen LogP contribution in [0, 0.1) is 23.5 Å². The molecule has 6 nitrogen and oxygen atoms in total. The highest BCUT2D eigenvalue weighted by atomic mass is 32.2. The van der Waals surface area contributed by atoms with Crippen molar-refractivity contribution < 1.29 is 26.7 Å². The zero-order valence-electron chi connectivity index (χ0n) is 14.3. The maximum atomic E-state index is 14.7. The van der Waals surface area contributed by atoms with Gasteiger partial charge in [-0.25, -0.2) is 22.0 Å². The smallest absolute Gasteiger partial charge is 0.414 e. The van der Waals surface area contributed by atoms with E-state index in [1.165, 1.54) is 4.90 Å². The van der Waals surface area contributed by atoms with Gasteiger partial charge in [-0.15, -0.1) is 0 Å². The van der Waals surface area contributed by atoms with Crippen LogP contribution in [0.5, 0.6) is 0 Å². The molecule has 0 saturated carbocycles. The first kappa shape index (κ1) is 17.5. The summed E-state index contributed by atoms with van der Waals surface area (Å²) in [4.78, 5) is 14.7. The minimum absolute atomic E-state index is 0.0769. The summed E-state index contributed by atoms with van der Waals surface area (Å²) in [5.41, 5.74) is -0.0215. The summed E-state index contributed by atoms with van der Waals surface area (Å²) in [6.07, 6.45) is -0.261. The quantitative estimate of drug-likeness (QED) is 0.797. The molecule has 1 amide bonds. The maximum absolute atomic E-state index is 14.7. The summed E-state index contributed by atoms with van der Waals surface area (Å²) in [5, 5.41) is 0. The van der Waals surface area contributed by atoms with Crippen molar-refractivity contribution >= 4 is 27.3 Å². The van der Waals surface area contributed by atoms with Gasteiger partial charge in [0.1, 0.15) is 11.8 Å². The maximum Gasteiger partial charge on any atom is 0.414 e. The van der Waals surface area contributed by atoms with E-state index >= 15 is 0 Å². The van der Waals surface area contributed by atoms with Crippen molar-refractivity contribution in [2.75, 3.05) is 40.9 Å². The lowest BCUT2D eigenvalue weighted by molar-refractivity contribution is 0.139. The number of sulfone groups is 1. The van der Waals surface area contributed by atoms with Crippen LogP contribution in [0.25, 0.3) is 0 Å². The zero-order chi connectivity index (χ0) is 18.6. The van der Waals surface area contributed by atoms with Crippen LogP contribution < -0.4 is 9.80 Å². The highest BCUT2D eigenvalue weighted by Gasteiger charge is 2.44. The van der Waals surface area contributed by atoms with Crippen molar-refractivity contribution in [2.24, 2.45) is 11.8 Å². The van der Waals surface area contributed by atoms with Crippen molar-refractivity contribution in [3.8, 4) is 0 Å². The summed E-state index contributed by atoms with van der Waals surface area (Å²) in [6.45, 7) is 2.77. The molecule has 142 valence electrons. The first-order chi connectivity index (χ1) is 12.3. The van der Waals surface area contributed by atoms with Crippen molar-refractivity contribution in [3.63, 3.8) is 0 Å². The first-order valence-electron chi connectivity index (χ1n) is 8.70. The molecule has 0 aliphatic carbocycles. The standard InChI is InChI=1S/C17H20F2N2O4S/c1-2-13-7-21(17(22)25-13)12-3-14(18)16(15(19)4-12)20-5-10-8-26(23,24)9-11(10)6-20/h3-4,10-11,13H,2,5-9H2,1H3/t10?,11?,13-/m0/s1. The number of hydrogen-bond donors (Lipinski definition) is 0. The molecule has 0 bridgehead atoms. The fraction of sp³-hybridized carbons (Fsp3) is 0.588. The Morgan fingerprint density at radius 1 is 1.12 bits per heavy atom. The largest absolute Gasteiger partial charge is 0.444 e. The second-order valence-corrected chi connectivity index (χ2v) is 9.44. The average Bonchev–Trinajstić information content (AvgIpc) is 3.16. The molecule has 3 atom stereocenters. The summed E-state index contributed by atoms with van der Waals surface area (Å²) in [7, 11) is -3.04. The predicted molar refractivity (Wildman–Crippen MR) is 92.1 cm³/mol. The molecule has 3 aliphatic rings. The third-order valence-electron chi connectivity index (χ3n) is 5.47. The number of nitrogens with zero attached hydrogens (tertiary/aromatic N) is 2. The van der Waals surface area contributed by atoms with Gasteiger partial charge in [-0.05, 0) is 18.3 Å². The van der Waals surface area contributed by atoms with E-state index in [2.05, 4.69) is 0 Å². The van der Waals surface area contributed by atoms with Crippen LogP contribution in [0.15, 0.2) is 12.1 Å². The third-order valence-corrected chi connectivity index (χ3v) is 7.34. The van der Waals surface area contributed by atoms with Gasteiger partial charge >= 0.3 is 6.09 Å². The highest BCUT2D eigenvalue weighted by Crippen LogP contribution is 2.38. The number of amides is 1. The molecule has 1 aromatic rings. The van der Waals surface area contributed by atoms with Gasteiger partial charge < -0.3 is 9.64 Å². The summed E-state index contributed by atoms with van der Waals surface area (Å²) < 4.78 is 57.8. The van der Waals surface area contributed by atoms with E-state index in [9.17, 15) is 22.0 Å².